The fourth-order valence-corrected chi connectivity index (χ4v) is 2.77. The van der Waals surface area contributed by atoms with Crippen LogP contribution >= 0.6 is 23.2 Å². The molecule has 1 fully saturated rings. The summed E-state index contributed by atoms with van der Waals surface area (Å²) in [7, 11) is 1.35. The Hall–Kier alpha value is -1.26. The molecule has 6 heteroatoms. The molecule has 1 amide bonds. The van der Waals surface area contributed by atoms with Gasteiger partial charge in [0, 0.05) is 18.4 Å². The van der Waals surface area contributed by atoms with Crippen molar-refractivity contribution in [3.63, 3.8) is 0 Å². The fourth-order valence-electron chi connectivity index (χ4n) is 2.47. The Morgan fingerprint density at radius 3 is 2.70 bits per heavy atom. The SMILES string of the molecule is COC(=O)CC1(c2ccc(Cl)c(Cl)c2)CCC(=O)NC1. The number of piperidine rings is 1. The number of carbonyl (C=O) groups is 2. The normalized spacial score (nSPS) is 22.2. The van der Waals surface area contributed by atoms with Crippen molar-refractivity contribution in [1.29, 1.82) is 0 Å². The number of esters is 1. The van der Waals surface area contributed by atoms with Gasteiger partial charge < -0.3 is 10.1 Å². The summed E-state index contributed by atoms with van der Waals surface area (Å²) in [5.74, 6) is -0.322. The van der Waals surface area contributed by atoms with E-state index in [0.29, 0.717) is 29.4 Å². The Labute approximate surface area is 127 Å². The van der Waals surface area contributed by atoms with Crippen molar-refractivity contribution < 1.29 is 14.3 Å². The van der Waals surface area contributed by atoms with Crippen LogP contribution in [0.4, 0.5) is 0 Å². The minimum atomic E-state index is -0.491. The Kier molecular flexibility index (Phi) is 4.55. The van der Waals surface area contributed by atoms with Crippen molar-refractivity contribution in [3.05, 3.63) is 33.8 Å². The predicted octanol–water partition coefficient (Wildman–Crippen LogP) is 2.70. The van der Waals surface area contributed by atoms with Crippen molar-refractivity contribution in [2.24, 2.45) is 0 Å². The predicted molar refractivity (Wildman–Crippen MR) is 77.0 cm³/mol. The van der Waals surface area contributed by atoms with Crippen molar-refractivity contribution in [2.75, 3.05) is 13.7 Å². The molecular formula is C14H15Cl2NO3. The van der Waals surface area contributed by atoms with Crippen LogP contribution in [0.5, 0.6) is 0 Å². The minimum Gasteiger partial charge on any atom is -0.469 e. The zero-order valence-electron chi connectivity index (χ0n) is 11.0. The number of amides is 1. The molecule has 20 heavy (non-hydrogen) atoms. The molecule has 2 rings (SSSR count). The van der Waals surface area contributed by atoms with E-state index in [4.69, 9.17) is 27.9 Å². The molecule has 1 N–H and O–H groups in total. The van der Waals surface area contributed by atoms with Crippen molar-refractivity contribution >= 4 is 35.1 Å². The van der Waals surface area contributed by atoms with Crippen LogP contribution in [0.25, 0.3) is 0 Å². The summed E-state index contributed by atoms with van der Waals surface area (Å²) in [6.07, 6.45) is 1.14. The largest absolute Gasteiger partial charge is 0.469 e. The van der Waals surface area contributed by atoms with Gasteiger partial charge in [-0.2, -0.15) is 0 Å². The quantitative estimate of drug-likeness (QED) is 0.872. The van der Waals surface area contributed by atoms with Crippen molar-refractivity contribution in [2.45, 2.75) is 24.7 Å². The number of benzene rings is 1. The second-order valence-electron chi connectivity index (χ2n) is 4.94. The summed E-state index contributed by atoms with van der Waals surface area (Å²) >= 11 is 12.0. The molecule has 0 aliphatic carbocycles. The Morgan fingerprint density at radius 2 is 2.15 bits per heavy atom. The Morgan fingerprint density at radius 1 is 1.40 bits per heavy atom. The van der Waals surface area contributed by atoms with E-state index in [0.717, 1.165) is 5.56 Å². The van der Waals surface area contributed by atoms with Crippen molar-refractivity contribution in [3.8, 4) is 0 Å². The van der Waals surface area contributed by atoms with Gasteiger partial charge in [-0.15, -0.1) is 0 Å². The highest BCUT2D eigenvalue weighted by molar-refractivity contribution is 6.42. The maximum Gasteiger partial charge on any atom is 0.306 e. The molecular weight excluding hydrogens is 301 g/mol. The average molecular weight is 316 g/mol. The van der Waals surface area contributed by atoms with Gasteiger partial charge in [0.1, 0.15) is 0 Å². The summed E-state index contributed by atoms with van der Waals surface area (Å²) < 4.78 is 4.77. The first kappa shape index (κ1) is 15.1. The first-order chi connectivity index (χ1) is 9.47. The van der Waals surface area contributed by atoms with Gasteiger partial charge in [-0.25, -0.2) is 0 Å². The van der Waals surface area contributed by atoms with Gasteiger partial charge in [0.05, 0.1) is 23.6 Å². The lowest BCUT2D eigenvalue weighted by atomic mass is 9.72. The first-order valence-electron chi connectivity index (χ1n) is 6.26. The lowest BCUT2D eigenvalue weighted by Gasteiger charge is -2.37. The lowest BCUT2D eigenvalue weighted by Crippen LogP contribution is -2.47. The first-order valence-corrected chi connectivity index (χ1v) is 7.01. The number of ether oxygens (including phenoxy) is 1. The van der Waals surface area contributed by atoms with Crippen LogP contribution in [0.2, 0.25) is 10.0 Å². The molecule has 4 nitrogen and oxygen atoms in total. The van der Waals surface area contributed by atoms with Gasteiger partial charge in [0.15, 0.2) is 0 Å². The highest BCUT2D eigenvalue weighted by atomic mass is 35.5. The van der Waals surface area contributed by atoms with Crippen molar-refractivity contribution in [1.82, 2.24) is 5.32 Å². The van der Waals surface area contributed by atoms with Gasteiger partial charge in [-0.3, -0.25) is 9.59 Å². The molecule has 1 atom stereocenters. The molecule has 1 unspecified atom stereocenters. The minimum absolute atomic E-state index is 0.00875. The topological polar surface area (TPSA) is 55.4 Å². The monoisotopic (exact) mass is 315 g/mol. The molecule has 1 heterocycles. The summed E-state index contributed by atoms with van der Waals surface area (Å²) in [5.41, 5.74) is 0.396. The van der Waals surface area contributed by atoms with E-state index in [2.05, 4.69) is 5.32 Å². The van der Waals surface area contributed by atoms with E-state index in [1.54, 1.807) is 12.1 Å². The molecule has 0 aromatic heterocycles. The number of nitrogens with one attached hydrogen (secondary N) is 1. The third kappa shape index (κ3) is 3.07. The van der Waals surface area contributed by atoms with E-state index < -0.39 is 5.41 Å². The molecule has 0 spiro atoms. The van der Waals surface area contributed by atoms with E-state index in [-0.39, 0.29) is 18.3 Å². The number of rotatable bonds is 3. The summed E-state index contributed by atoms with van der Waals surface area (Å²) in [6.45, 7) is 0.388. The molecule has 1 aromatic carbocycles. The van der Waals surface area contributed by atoms with Crippen LogP contribution in [-0.2, 0) is 19.7 Å². The van der Waals surface area contributed by atoms with Gasteiger partial charge in [0.25, 0.3) is 0 Å². The maximum absolute atomic E-state index is 11.7. The maximum atomic E-state index is 11.7. The van der Waals surface area contributed by atoms with Crippen LogP contribution in [-0.4, -0.2) is 25.5 Å². The molecule has 0 saturated carbocycles. The van der Waals surface area contributed by atoms with E-state index in [1.165, 1.54) is 7.11 Å². The zero-order valence-corrected chi connectivity index (χ0v) is 12.6. The standard InChI is InChI=1S/C14H15Cl2NO3/c1-20-13(19)7-14(5-4-12(18)17-8-14)9-2-3-10(15)11(16)6-9/h2-3,6H,4-5,7-8H2,1H3,(H,17,18). The van der Waals surface area contributed by atoms with Gasteiger partial charge in [-0.05, 0) is 24.1 Å². The summed E-state index contributed by atoms with van der Waals surface area (Å²) in [5, 5.41) is 3.71. The van der Waals surface area contributed by atoms with E-state index >= 15 is 0 Å². The number of halogens is 2. The van der Waals surface area contributed by atoms with Crippen LogP contribution in [0.3, 0.4) is 0 Å². The zero-order chi connectivity index (χ0) is 14.8. The fraction of sp³-hybridized carbons (Fsp3) is 0.429. The second-order valence-corrected chi connectivity index (χ2v) is 5.75. The highest BCUT2D eigenvalue weighted by Crippen LogP contribution is 2.37. The Balaban J connectivity index is 2.37. The van der Waals surface area contributed by atoms with Crippen LogP contribution in [0, 0.1) is 0 Å². The average Bonchev–Trinajstić information content (AvgIpc) is 2.44. The highest BCUT2D eigenvalue weighted by Gasteiger charge is 2.39. The summed E-state index contributed by atoms with van der Waals surface area (Å²) in [6, 6.07) is 5.30. The second kappa shape index (κ2) is 6.02. The number of hydrogen-bond donors (Lipinski definition) is 1. The third-order valence-electron chi connectivity index (χ3n) is 3.70. The summed E-state index contributed by atoms with van der Waals surface area (Å²) in [4.78, 5) is 23.1. The number of hydrogen-bond acceptors (Lipinski definition) is 3. The smallest absolute Gasteiger partial charge is 0.306 e. The molecule has 1 aliphatic heterocycles. The van der Waals surface area contributed by atoms with Gasteiger partial charge in [-0.1, -0.05) is 29.3 Å². The molecule has 1 saturated heterocycles. The van der Waals surface area contributed by atoms with E-state index in [9.17, 15) is 9.59 Å². The lowest BCUT2D eigenvalue weighted by molar-refractivity contribution is -0.143. The number of carbonyl (C=O) groups excluding carboxylic acids is 2. The van der Waals surface area contributed by atoms with Gasteiger partial charge in [0.2, 0.25) is 5.91 Å². The van der Waals surface area contributed by atoms with Crippen LogP contribution < -0.4 is 5.32 Å². The third-order valence-corrected chi connectivity index (χ3v) is 4.44. The van der Waals surface area contributed by atoms with Crippen LogP contribution in [0.15, 0.2) is 18.2 Å². The van der Waals surface area contributed by atoms with E-state index in [1.807, 2.05) is 6.07 Å². The number of methoxy groups -OCH3 is 1. The van der Waals surface area contributed by atoms with Gasteiger partial charge >= 0.3 is 5.97 Å². The van der Waals surface area contributed by atoms with Crippen LogP contribution in [0.1, 0.15) is 24.8 Å². The molecule has 1 aromatic rings. The molecule has 0 bridgehead atoms. The Bertz CT molecular complexity index is 535. The molecule has 108 valence electrons. The molecule has 1 aliphatic rings. The molecule has 0 radical (unpaired) electrons.